The topological polar surface area (TPSA) is 111 Å². The number of rotatable bonds is 5. The number of carbonyl (C=O) groups excluding carboxylic acids is 1. The average molecular weight is 582 g/mol. The zero-order valence-electron chi connectivity index (χ0n) is 23.5. The molecule has 1 N–H and O–H groups in total. The average Bonchev–Trinajstić information content (AvgIpc) is 3.51. The van der Waals surface area contributed by atoms with Crippen LogP contribution in [0.5, 0.6) is 5.75 Å². The number of ether oxygens (including phenoxy) is 2. The Morgan fingerprint density at radius 1 is 1.07 bits per heavy atom. The molecule has 1 atom stereocenters. The lowest BCUT2D eigenvalue weighted by atomic mass is 9.97. The number of methoxy groups -OCH3 is 1. The maximum atomic E-state index is 14.4. The molecule has 0 aliphatic carbocycles. The van der Waals surface area contributed by atoms with E-state index in [0.29, 0.717) is 22.3 Å². The van der Waals surface area contributed by atoms with Crippen molar-refractivity contribution in [1.29, 1.82) is 0 Å². The highest BCUT2D eigenvalue weighted by Gasteiger charge is 2.45. The summed E-state index contributed by atoms with van der Waals surface area (Å²) in [5.74, 6) is -0.120. The van der Waals surface area contributed by atoms with Crippen molar-refractivity contribution in [3.8, 4) is 16.9 Å². The van der Waals surface area contributed by atoms with E-state index in [2.05, 4.69) is 4.98 Å². The Morgan fingerprint density at radius 2 is 1.78 bits per heavy atom. The number of carbonyl (C=O) groups is 1. The molecule has 3 heterocycles. The Bertz CT molecular complexity index is 1740. The van der Waals surface area contributed by atoms with E-state index in [9.17, 15) is 22.7 Å². The van der Waals surface area contributed by atoms with E-state index in [-0.39, 0.29) is 35.7 Å². The van der Waals surface area contributed by atoms with Gasteiger partial charge in [0.2, 0.25) is 0 Å². The van der Waals surface area contributed by atoms with Crippen LogP contribution in [-0.2, 0) is 20.4 Å². The molecule has 11 heteroatoms. The van der Waals surface area contributed by atoms with E-state index < -0.39 is 33.1 Å². The summed E-state index contributed by atoms with van der Waals surface area (Å²) in [6.07, 6.45) is 0.879. The summed E-state index contributed by atoms with van der Waals surface area (Å²) >= 11 is 0. The zero-order valence-corrected chi connectivity index (χ0v) is 24.3. The summed E-state index contributed by atoms with van der Waals surface area (Å²) < 4.78 is 54.7. The molecule has 2 aromatic carbocycles. The van der Waals surface area contributed by atoms with Gasteiger partial charge in [0.05, 0.1) is 24.2 Å². The van der Waals surface area contributed by atoms with Crippen LogP contribution in [0, 0.1) is 12.7 Å². The highest BCUT2D eigenvalue weighted by atomic mass is 32.2. The summed E-state index contributed by atoms with van der Waals surface area (Å²) in [5.41, 5.74) is -0.671. The molecule has 0 saturated carbocycles. The van der Waals surface area contributed by atoms with Crippen LogP contribution in [0.3, 0.4) is 0 Å². The first kappa shape index (κ1) is 28.6. The van der Waals surface area contributed by atoms with Crippen LogP contribution in [-0.4, -0.2) is 59.3 Å². The number of nitrogens with zero attached hydrogens (tertiary/aromatic N) is 3. The van der Waals surface area contributed by atoms with E-state index in [1.54, 1.807) is 45.0 Å². The second-order valence-electron chi connectivity index (χ2n) is 11.2. The number of aromatic nitrogens is 2. The summed E-state index contributed by atoms with van der Waals surface area (Å²) in [6.45, 7) is 7.03. The number of aryl methyl sites for hydroxylation is 1. The molecule has 0 spiro atoms. The Balaban J connectivity index is 1.74. The van der Waals surface area contributed by atoms with Crippen LogP contribution in [0.2, 0.25) is 0 Å². The van der Waals surface area contributed by atoms with Gasteiger partial charge in [-0.25, -0.2) is 26.6 Å². The molecule has 1 fully saturated rings. The lowest BCUT2D eigenvalue weighted by Crippen LogP contribution is -2.39. The van der Waals surface area contributed by atoms with E-state index in [1.165, 1.54) is 48.5 Å². The fraction of sp³-hybridized carbons (Fsp3) is 0.333. The maximum Gasteiger partial charge on any atom is 0.410 e. The van der Waals surface area contributed by atoms with Crippen molar-refractivity contribution in [2.75, 3.05) is 20.2 Å². The first-order chi connectivity index (χ1) is 19.2. The second-order valence-corrected chi connectivity index (χ2v) is 13.0. The fourth-order valence-electron chi connectivity index (χ4n) is 5.07. The number of hydrogen-bond acceptors (Lipinski definition) is 7. The number of aliphatic hydroxyl groups is 1. The van der Waals surface area contributed by atoms with E-state index in [4.69, 9.17) is 9.47 Å². The maximum absolute atomic E-state index is 14.4. The van der Waals surface area contributed by atoms with Crippen LogP contribution < -0.4 is 4.74 Å². The van der Waals surface area contributed by atoms with Gasteiger partial charge in [-0.3, -0.25) is 0 Å². The molecule has 41 heavy (non-hydrogen) atoms. The van der Waals surface area contributed by atoms with Gasteiger partial charge in [-0.05, 0) is 75.7 Å². The van der Waals surface area contributed by atoms with E-state index >= 15 is 0 Å². The highest BCUT2D eigenvalue weighted by molar-refractivity contribution is 7.90. The van der Waals surface area contributed by atoms with Crippen molar-refractivity contribution in [1.82, 2.24) is 13.9 Å². The smallest absolute Gasteiger partial charge is 0.410 e. The summed E-state index contributed by atoms with van der Waals surface area (Å²) in [6, 6.07) is 13.6. The third-order valence-electron chi connectivity index (χ3n) is 7.05. The molecule has 0 bridgehead atoms. The summed E-state index contributed by atoms with van der Waals surface area (Å²) in [7, 11) is -2.82. The van der Waals surface area contributed by atoms with Crippen LogP contribution in [0.4, 0.5) is 9.18 Å². The number of benzene rings is 2. The minimum absolute atomic E-state index is 0.00276. The predicted molar refractivity (Wildman–Crippen MR) is 152 cm³/mol. The molecule has 1 aliphatic heterocycles. The molecular weight excluding hydrogens is 549 g/mol. The number of fused-ring (bicyclic) bond motifs is 1. The number of likely N-dealkylation sites (tertiary alicyclic amines) is 1. The molecule has 2 aromatic heterocycles. The first-order valence-electron chi connectivity index (χ1n) is 13.1. The summed E-state index contributed by atoms with van der Waals surface area (Å²) in [5, 5.41) is 12.3. The van der Waals surface area contributed by atoms with Crippen molar-refractivity contribution in [2.45, 2.75) is 50.2 Å². The molecule has 5 rings (SSSR count). The fourth-order valence-corrected chi connectivity index (χ4v) is 6.61. The molecule has 0 radical (unpaired) electrons. The zero-order chi connectivity index (χ0) is 29.7. The largest absolute Gasteiger partial charge is 0.496 e. The Kier molecular flexibility index (Phi) is 7.07. The van der Waals surface area contributed by atoms with Gasteiger partial charge in [-0.2, -0.15) is 0 Å². The third-order valence-corrected chi connectivity index (χ3v) is 8.77. The molecule has 1 saturated heterocycles. The van der Waals surface area contributed by atoms with Gasteiger partial charge in [0.1, 0.15) is 22.8 Å². The van der Waals surface area contributed by atoms with E-state index in [1.807, 2.05) is 6.92 Å². The number of β-amino-alcohol motifs (C(OH)–C–C–N with tert-alkyl or cyclic N) is 1. The lowest BCUT2D eigenvalue weighted by molar-refractivity contribution is 0.0125. The van der Waals surface area contributed by atoms with Crippen LogP contribution in [0.25, 0.3) is 22.2 Å². The quantitative estimate of drug-likeness (QED) is 0.344. The highest BCUT2D eigenvalue weighted by Crippen LogP contribution is 2.42. The molecule has 1 aliphatic rings. The van der Waals surface area contributed by atoms with Gasteiger partial charge in [-0.15, -0.1) is 0 Å². The van der Waals surface area contributed by atoms with Crippen molar-refractivity contribution in [3.63, 3.8) is 0 Å². The van der Waals surface area contributed by atoms with Gasteiger partial charge in [0.15, 0.2) is 5.65 Å². The molecule has 9 nitrogen and oxygen atoms in total. The Labute approximate surface area is 238 Å². The molecule has 216 valence electrons. The van der Waals surface area contributed by atoms with Crippen molar-refractivity contribution in [3.05, 3.63) is 77.9 Å². The summed E-state index contributed by atoms with van der Waals surface area (Å²) in [4.78, 5) is 18.6. The van der Waals surface area contributed by atoms with Crippen molar-refractivity contribution >= 4 is 27.1 Å². The second kappa shape index (κ2) is 10.1. The van der Waals surface area contributed by atoms with Crippen LogP contribution in [0.15, 0.2) is 65.7 Å². The predicted octanol–water partition coefficient (Wildman–Crippen LogP) is 5.22. The number of pyridine rings is 1. The molecular formula is C30H32FN3O6S. The van der Waals surface area contributed by atoms with Crippen LogP contribution in [0.1, 0.15) is 38.4 Å². The monoisotopic (exact) mass is 581 g/mol. The Hall–Kier alpha value is -3.96. The number of halogens is 1. The molecule has 1 amide bonds. The van der Waals surface area contributed by atoms with Gasteiger partial charge in [0, 0.05) is 30.1 Å². The minimum Gasteiger partial charge on any atom is -0.496 e. The number of amides is 1. The van der Waals surface area contributed by atoms with Gasteiger partial charge < -0.3 is 19.5 Å². The minimum atomic E-state index is -4.28. The normalized spacial score (nSPS) is 17.7. The number of hydrogen-bond donors (Lipinski definition) is 1. The molecule has 1 unspecified atom stereocenters. The van der Waals surface area contributed by atoms with E-state index in [0.717, 1.165) is 9.54 Å². The van der Waals surface area contributed by atoms with Crippen molar-refractivity contribution in [2.24, 2.45) is 0 Å². The Morgan fingerprint density at radius 3 is 2.44 bits per heavy atom. The third kappa shape index (κ3) is 5.27. The van der Waals surface area contributed by atoms with Crippen LogP contribution >= 0.6 is 0 Å². The van der Waals surface area contributed by atoms with Gasteiger partial charge in [-0.1, -0.05) is 17.7 Å². The molecule has 4 aromatic rings. The lowest BCUT2D eigenvalue weighted by Gasteiger charge is -2.27. The standard InChI is InChI=1S/C30H32FN3O6S/c1-19-6-9-21(10-7-19)41(37,38)34-26(30(36)13-15-33(18-30)28(35)40-29(2,3)4)17-24-22(12-14-32-27(24)34)23-16-20(31)8-11-25(23)39-5/h6-12,14,16-17,36H,13,15,18H2,1-5H3. The first-order valence-corrected chi connectivity index (χ1v) is 14.5. The van der Waals surface area contributed by atoms with Gasteiger partial charge in [0.25, 0.3) is 10.0 Å². The van der Waals surface area contributed by atoms with Gasteiger partial charge >= 0.3 is 6.09 Å². The van der Waals surface area contributed by atoms with Crippen molar-refractivity contribution < 1.29 is 32.2 Å². The SMILES string of the molecule is COc1ccc(F)cc1-c1ccnc2c1cc(C1(O)CCN(C(=O)OC(C)(C)C)C1)n2S(=O)(=O)c1ccc(C)cc1.